The van der Waals surface area contributed by atoms with Crippen molar-refractivity contribution < 1.29 is 9.59 Å². The zero-order chi connectivity index (χ0) is 9.84. The first-order valence-corrected chi connectivity index (χ1v) is 4.55. The van der Waals surface area contributed by atoms with Gasteiger partial charge in [0.2, 0.25) is 12.2 Å². The summed E-state index contributed by atoms with van der Waals surface area (Å²) in [6, 6.07) is 0.178. The van der Waals surface area contributed by atoms with E-state index in [-0.39, 0.29) is 11.9 Å². The van der Waals surface area contributed by atoms with Crippen molar-refractivity contribution >= 4 is 12.2 Å². The van der Waals surface area contributed by atoms with E-state index in [1.807, 2.05) is 6.92 Å². The van der Waals surface area contributed by atoms with Crippen LogP contribution in [0.4, 0.5) is 0 Å². The van der Waals surface area contributed by atoms with Crippen LogP contribution in [0.2, 0.25) is 0 Å². The first-order chi connectivity index (χ1) is 6.16. The highest BCUT2D eigenvalue weighted by Gasteiger charge is 2.26. The van der Waals surface area contributed by atoms with Crippen LogP contribution in [0.15, 0.2) is 0 Å². The zero-order valence-electron chi connectivity index (χ0n) is 8.04. The molecule has 2 unspecified atom stereocenters. The molecular formula is C9H15N2O2. The molecule has 4 nitrogen and oxygen atoms in total. The first-order valence-electron chi connectivity index (χ1n) is 4.55. The summed E-state index contributed by atoms with van der Waals surface area (Å²) in [4.78, 5) is 23.6. The molecule has 1 fully saturated rings. The Bertz CT molecular complexity index is 206. The molecule has 0 aliphatic carbocycles. The van der Waals surface area contributed by atoms with Crippen LogP contribution < -0.4 is 5.32 Å². The highest BCUT2D eigenvalue weighted by atomic mass is 16.2. The molecule has 0 spiro atoms. The highest BCUT2D eigenvalue weighted by molar-refractivity contribution is 5.91. The number of nitrogens with one attached hydrogen (secondary N) is 1. The Hall–Kier alpha value is -0.900. The van der Waals surface area contributed by atoms with Gasteiger partial charge in [0.15, 0.2) is 0 Å². The van der Waals surface area contributed by atoms with Gasteiger partial charge < -0.3 is 10.2 Å². The number of amides is 1. The number of hydrogen-bond acceptors (Lipinski definition) is 3. The van der Waals surface area contributed by atoms with Crippen LogP contribution in [0.3, 0.4) is 0 Å². The Kier molecular flexibility index (Phi) is 3.42. The second-order valence-electron chi connectivity index (χ2n) is 3.42. The first kappa shape index (κ1) is 10.2. The van der Waals surface area contributed by atoms with Crippen LogP contribution >= 0.6 is 0 Å². The summed E-state index contributed by atoms with van der Waals surface area (Å²) < 4.78 is 0. The Balaban J connectivity index is 2.58. The lowest BCUT2D eigenvalue weighted by atomic mass is 10.1. The molecular weight excluding hydrogens is 168 g/mol. The van der Waals surface area contributed by atoms with E-state index in [0.29, 0.717) is 6.54 Å². The van der Waals surface area contributed by atoms with E-state index in [1.54, 1.807) is 18.1 Å². The average molecular weight is 183 g/mol. The summed E-state index contributed by atoms with van der Waals surface area (Å²) in [6.07, 6.45) is 1.72. The van der Waals surface area contributed by atoms with Crippen LogP contribution in [-0.4, -0.2) is 42.8 Å². The van der Waals surface area contributed by atoms with Gasteiger partial charge in [0.05, 0.1) is 0 Å². The third-order valence-electron chi connectivity index (χ3n) is 2.33. The van der Waals surface area contributed by atoms with Crippen LogP contribution in [-0.2, 0) is 9.59 Å². The van der Waals surface area contributed by atoms with Gasteiger partial charge >= 0.3 is 0 Å². The van der Waals surface area contributed by atoms with Gasteiger partial charge in [-0.2, -0.15) is 0 Å². The molecule has 0 bridgehead atoms. The normalized spacial score (nSPS) is 25.4. The average Bonchev–Trinajstić information content (AvgIpc) is 2.16. The monoisotopic (exact) mass is 183 g/mol. The van der Waals surface area contributed by atoms with E-state index >= 15 is 0 Å². The van der Waals surface area contributed by atoms with Crippen molar-refractivity contribution in [3.05, 3.63) is 0 Å². The molecule has 4 heteroatoms. The minimum atomic E-state index is -0.624. The van der Waals surface area contributed by atoms with Gasteiger partial charge in [-0.1, -0.05) is 0 Å². The number of piperazine rings is 1. The van der Waals surface area contributed by atoms with Crippen molar-refractivity contribution in [2.75, 3.05) is 19.6 Å². The van der Waals surface area contributed by atoms with Crippen LogP contribution in [0.25, 0.3) is 0 Å². The molecule has 0 saturated carbocycles. The van der Waals surface area contributed by atoms with Crippen molar-refractivity contribution in [1.29, 1.82) is 0 Å². The van der Waals surface area contributed by atoms with Crippen LogP contribution in [0.5, 0.6) is 0 Å². The summed E-state index contributed by atoms with van der Waals surface area (Å²) in [5, 5.41) is 3.18. The van der Waals surface area contributed by atoms with E-state index in [2.05, 4.69) is 5.32 Å². The van der Waals surface area contributed by atoms with Gasteiger partial charge in [-0.25, -0.2) is 0 Å². The molecule has 1 heterocycles. The maximum atomic E-state index is 11.6. The standard InChI is InChI=1S/C9H15N2O2/c1-7(6-12)9(13)11-4-3-10-5-8(11)2/h7-8,10H,3-5H2,1-2H3. The zero-order valence-corrected chi connectivity index (χ0v) is 8.04. The van der Waals surface area contributed by atoms with Crippen molar-refractivity contribution in [1.82, 2.24) is 10.2 Å². The summed E-state index contributed by atoms with van der Waals surface area (Å²) in [7, 11) is 0. The van der Waals surface area contributed by atoms with Gasteiger partial charge in [-0.15, -0.1) is 0 Å². The molecule has 0 aromatic carbocycles. The van der Waals surface area contributed by atoms with Gasteiger partial charge in [0.1, 0.15) is 5.92 Å². The largest absolute Gasteiger partial charge is 0.337 e. The molecule has 1 aliphatic heterocycles. The number of hydrogen-bond donors (Lipinski definition) is 1. The quantitative estimate of drug-likeness (QED) is 0.590. The summed E-state index contributed by atoms with van der Waals surface area (Å²) >= 11 is 0. The molecule has 13 heavy (non-hydrogen) atoms. The highest BCUT2D eigenvalue weighted by Crippen LogP contribution is 2.07. The van der Waals surface area contributed by atoms with Crippen molar-refractivity contribution in [2.45, 2.75) is 19.9 Å². The maximum Gasteiger partial charge on any atom is 0.233 e. The number of carbonyl (C=O) groups is 1. The van der Waals surface area contributed by atoms with Gasteiger partial charge in [0.25, 0.3) is 0 Å². The summed E-state index contributed by atoms with van der Waals surface area (Å²) in [5.74, 6) is -0.732. The van der Waals surface area contributed by atoms with Crippen molar-refractivity contribution in [2.24, 2.45) is 5.92 Å². The van der Waals surface area contributed by atoms with Crippen LogP contribution in [0, 0.1) is 5.92 Å². The minimum Gasteiger partial charge on any atom is -0.337 e. The molecule has 1 saturated heterocycles. The van der Waals surface area contributed by atoms with Crippen molar-refractivity contribution in [3.63, 3.8) is 0 Å². The predicted octanol–water partition coefficient (Wildman–Crippen LogP) is -0.447. The Labute approximate surface area is 78.3 Å². The fourth-order valence-electron chi connectivity index (χ4n) is 1.47. The van der Waals surface area contributed by atoms with Crippen molar-refractivity contribution in [3.8, 4) is 0 Å². The molecule has 1 rings (SSSR count). The van der Waals surface area contributed by atoms with Crippen LogP contribution in [0.1, 0.15) is 13.8 Å². The smallest absolute Gasteiger partial charge is 0.233 e. The number of carbonyl (C=O) groups excluding carboxylic acids is 2. The molecule has 73 valence electrons. The van der Waals surface area contributed by atoms with E-state index in [9.17, 15) is 9.59 Å². The predicted molar refractivity (Wildman–Crippen MR) is 48.9 cm³/mol. The molecule has 1 radical (unpaired) electrons. The SMILES string of the molecule is CC([C]=O)C(=O)N1CCNCC1C. The molecule has 1 N–H and O–H groups in total. The lowest BCUT2D eigenvalue weighted by molar-refractivity contribution is -0.135. The second-order valence-corrected chi connectivity index (χ2v) is 3.42. The fourth-order valence-corrected chi connectivity index (χ4v) is 1.47. The third kappa shape index (κ3) is 2.28. The lowest BCUT2D eigenvalue weighted by Gasteiger charge is -2.34. The molecule has 0 aromatic rings. The third-order valence-corrected chi connectivity index (χ3v) is 2.33. The Morgan fingerprint density at radius 2 is 2.38 bits per heavy atom. The Morgan fingerprint density at radius 3 is 2.92 bits per heavy atom. The van der Waals surface area contributed by atoms with E-state index < -0.39 is 5.92 Å². The minimum absolute atomic E-state index is 0.107. The van der Waals surface area contributed by atoms with Gasteiger partial charge in [0, 0.05) is 25.7 Å². The lowest BCUT2D eigenvalue weighted by Crippen LogP contribution is -2.53. The topological polar surface area (TPSA) is 49.4 Å². The molecule has 1 aliphatic rings. The molecule has 0 aromatic heterocycles. The van der Waals surface area contributed by atoms with E-state index in [0.717, 1.165) is 13.1 Å². The summed E-state index contributed by atoms with van der Waals surface area (Å²) in [6.45, 7) is 5.86. The number of nitrogens with zero attached hydrogens (tertiary/aromatic N) is 1. The van der Waals surface area contributed by atoms with Gasteiger partial charge in [-0.3, -0.25) is 9.59 Å². The van der Waals surface area contributed by atoms with E-state index in [1.165, 1.54) is 0 Å². The fraction of sp³-hybridized carbons (Fsp3) is 0.778. The second kappa shape index (κ2) is 4.37. The Morgan fingerprint density at radius 1 is 1.69 bits per heavy atom. The maximum absolute atomic E-state index is 11.6. The van der Waals surface area contributed by atoms with E-state index in [4.69, 9.17) is 0 Å². The molecule has 1 amide bonds. The van der Waals surface area contributed by atoms with Gasteiger partial charge in [-0.05, 0) is 13.8 Å². The summed E-state index contributed by atoms with van der Waals surface area (Å²) in [5.41, 5.74) is 0. The number of rotatable bonds is 2. The molecule has 2 atom stereocenters.